The Bertz CT molecular complexity index is 502. The largest absolute Gasteiger partial charge is 0.412 e. The number of hydrogen-bond acceptors (Lipinski definition) is 4. The number of allylic oxidation sites excluding steroid dienone is 1. The zero-order valence-corrected chi connectivity index (χ0v) is 9.10. The summed E-state index contributed by atoms with van der Waals surface area (Å²) in [6, 6.07) is 9.97. The number of amides is 1. The third-order valence-corrected chi connectivity index (χ3v) is 1.85. The maximum Gasteiger partial charge on any atom is 0.412 e. The third-order valence-electron chi connectivity index (χ3n) is 1.85. The van der Waals surface area contributed by atoms with E-state index in [0.717, 1.165) is 0 Å². The smallest absolute Gasteiger partial charge is 0.410 e. The SMILES string of the molecule is CNC(=O)Oc1ccc(C=C(C#N)C#N)cc1. The Kier molecular flexibility index (Phi) is 4.29. The molecule has 1 amide bonds. The van der Waals surface area contributed by atoms with Crippen LogP contribution in [0.5, 0.6) is 5.75 Å². The number of hydrogen-bond donors (Lipinski definition) is 1. The fourth-order valence-electron chi connectivity index (χ4n) is 1.05. The van der Waals surface area contributed by atoms with E-state index < -0.39 is 6.09 Å². The molecule has 0 atom stereocenters. The van der Waals surface area contributed by atoms with E-state index in [2.05, 4.69) is 5.32 Å². The van der Waals surface area contributed by atoms with E-state index in [1.807, 2.05) is 0 Å². The highest BCUT2D eigenvalue weighted by molar-refractivity contribution is 5.70. The minimum atomic E-state index is -0.553. The van der Waals surface area contributed by atoms with E-state index in [1.54, 1.807) is 36.4 Å². The van der Waals surface area contributed by atoms with Crippen LogP contribution in [0.2, 0.25) is 0 Å². The van der Waals surface area contributed by atoms with Gasteiger partial charge in [-0.15, -0.1) is 0 Å². The average Bonchev–Trinajstić information content (AvgIpc) is 2.37. The first-order valence-corrected chi connectivity index (χ1v) is 4.71. The number of carbonyl (C=O) groups is 1. The maximum atomic E-state index is 10.9. The molecule has 0 bridgehead atoms. The lowest BCUT2D eigenvalue weighted by atomic mass is 10.1. The second-order valence-electron chi connectivity index (χ2n) is 2.99. The third kappa shape index (κ3) is 3.69. The highest BCUT2D eigenvalue weighted by Crippen LogP contribution is 2.14. The Morgan fingerprint density at radius 2 is 1.88 bits per heavy atom. The number of benzene rings is 1. The fraction of sp³-hybridized carbons (Fsp3) is 0.0833. The van der Waals surface area contributed by atoms with Gasteiger partial charge >= 0.3 is 6.09 Å². The van der Waals surface area contributed by atoms with Crippen molar-refractivity contribution in [2.75, 3.05) is 7.05 Å². The lowest BCUT2D eigenvalue weighted by Crippen LogP contribution is -2.21. The van der Waals surface area contributed by atoms with Gasteiger partial charge in [0.05, 0.1) is 0 Å². The van der Waals surface area contributed by atoms with Gasteiger partial charge in [0.15, 0.2) is 0 Å². The molecule has 0 unspecified atom stereocenters. The molecular weight excluding hydrogens is 218 g/mol. The second kappa shape index (κ2) is 5.94. The molecule has 17 heavy (non-hydrogen) atoms. The monoisotopic (exact) mass is 227 g/mol. The van der Waals surface area contributed by atoms with Gasteiger partial charge in [-0.2, -0.15) is 10.5 Å². The van der Waals surface area contributed by atoms with Crippen molar-refractivity contribution in [3.05, 3.63) is 35.4 Å². The minimum absolute atomic E-state index is 0.0185. The Morgan fingerprint density at radius 1 is 1.29 bits per heavy atom. The zero-order chi connectivity index (χ0) is 12.7. The van der Waals surface area contributed by atoms with E-state index in [9.17, 15) is 4.79 Å². The molecule has 5 heteroatoms. The number of rotatable bonds is 2. The number of nitrogens with zero attached hydrogens (tertiary/aromatic N) is 2. The van der Waals surface area contributed by atoms with Gasteiger partial charge in [-0.3, -0.25) is 0 Å². The standard InChI is InChI=1S/C12H9N3O2/c1-15-12(16)17-11-4-2-9(3-5-11)6-10(7-13)8-14/h2-6H,1H3,(H,15,16). The summed E-state index contributed by atoms with van der Waals surface area (Å²) >= 11 is 0. The van der Waals surface area contributed by atoms with Gasteiger partial charge in [-0.1, -0.05) is 12.1 Å². The first kappa shape index (κ1) is 12.3. The molecule has 0 aliphatic rings. The van der Waals surface area contributed by atoms with Crippen molar-refractivity contribution in [2.45, 2.75) is 0 Å². The first-order chi connectivity index (χ1) is 8.19. The first-order valence-electron chi connectivity index (χ1n) is 4.71. The van der Waals surface area contributed by atoms with Crippen molar-refractivity contribution in [3.8, 4) is 17.9 Å². The van der Waals surface area contributed by atoms with Crippen LogP contribution in [0.15, 0.2) is 29.8 Å². The Morgan fingerprint density at radius 3 is 2.35 bits per heavy atom. The van der Waals surface area contributed by atoms with Gasteiger partial charge in [-0.05, 0) is 23.8 Å². The molecule has 0 spiro atoms. The van der Waals surface area contributed by atoms with Gasteiger partial charge in [0.25, 0.3) is 0 Å². The molecular formula is C12H9N3O2. The maximum absolute atomic E-state index is 10.9. The molecule has 0 fully saturated rings. The van der Waals surface area contributed by atoms with Crippen LogP contribution in [-0.4, -0.2) is 13.1 Å². The number of carbonyl (C=O) groups excluding carboxylic acids is 1. The molecule has 0 saturated heterocycles. The minimum Gasteiger partial charge on any atom is -0.410 e. The molecule has 0 radical (unpaired) electrons. The summed E-state index contributed by atoms with van der Waals surface area (Å²) in [5.74, 6) is 0.386. The summed E-state index contributed by atoms with van der Waals surface area (Å²) in [7, 11) is 1.46. The van der Waals surface area contributed by atoms with Crippen LogP contribution in [0.25, 0.3) is 6.08 Å². The van der Waals surface area contributed by atoms with Crippen LogP contribution in [0.3, 0.4) is 0 Å². The molecule has 0 aromatic heterocycles. The van der Waals surface area contributed by atoms with Crippen molar-refractivity contribution in [1.82, 2.24) is 5.32 Å². The topological polar surface area (TPSA) is 85.9 Å². The summed E-state index contributed by atoms with van der Waals surface area (Å²) < 4.78 is 4.88. The Labute approximate surface area is 98.5 Å². The fourth-order valence-corrected chi connectivity index (χ4v) is 1.05. The van der Waals surface area contributed by atoms with E-state index >= 15 is 0 Å². The van der Waals surface area contributed by atoms with E-state index in [-0.39, 0.29) is 5.57 Å². The van der Waals surface area contributed by atoms with Crippen molar-refractivity contribution in [1.29, 1.82) is 10.5 Å². The van der Waals surface area contributed by atoms with Crippen LogP contribution in [0, 0.1) is 22.7 Å². The average molecular weight is 227 g/mol. The van der Waals surface area contributed by atoms with Crippen LogP contribution in [-0.2, 0) is 0 Å². The summed E-state index contributed by atoms with van der Waals surface area (Å²) in [6.07, 6.45) is 0.895. The van der Waals surface area contributed by atoms with Gasteiger partial charge < -0.3 is 10.1 Å². The summed E-state index contributed by atoms with van der Waals surface area (Å²) in [4.78, 5) is 10.9. The molecule has 1 N–H and O–H groups in total. The van der Waals surface area contributed by atoms with Crippen LogP contribution in [0.1, 0.15) is 5.56 Å². The summed E-state index contributed by atoms with van der Waals surface area (Å²) in [6.45, 7) is 0. The van der Waals surface area contributed by atoms with Gasteiger partial charge in [0.2, 0.25) is 0 Å². The number of nitrogens with one attached hydrogen (secondary N) is 1. The van der Waals surface area contributed by atoms with E-state index in [1.165, 1.54) is 13.1 Å². The van der Waals surface area contributed by atoms with Crippen LogP contribution >= 0.6 is 0 Å². The quantitative estimate of drug-likeness (QED) is 0.781. The molecule has 5 nitrogen and oxygen atoms in total. The lowest BCUT2D eigenvalue weighted by Gasteiger charge is -2.02. The van der Waals surface area contributed by atoms with Gasteiger partial charge in [-0.25, -0.2) is 4.79 Å². The van der Waals surface area contributed by atoms with Gasteiger partial charge in [0.1, 0.15) is 23.5 Å². The van der Waals surface area contributed by atoms with Gasteiger partial charge in [0, 0.05) is 7.05 Å². The molecule has 0 aliphatic heterocycles. The van der Waals surface area contributed by atoms with Crippen LogP contribution in [0.4, 0.5) is 4.79 Å². The number of nitriles is 2. The normalized spacial score (nSPS) is 8.41. The summed E-state index contributed by atoms with van der Waals surface area (Å²) in [5.41, 5.74) is 0.706. The second-order valence-corrected chi connectivity index (χ2v) is 2.99. The molecule has 1 rings (SSSR count). The lowest BCUT2D eigenvalue weighted by molar-refractivity contribution is 0.203. The predicted octanol–water partition coefficient (Wildman–Crippen LogP) is 1.84. The van der Waals surface area contributed by atoms with E-state index in [4.69, 9.17) is 15.3 Å². The summed E-state index contributed by atoms with van der Waals surface area (Å²) in [5, 5.41) is 19.5. The van der Waals surface area contributed by atoms with Crippen molar-refractivity contribution in [3.63, 3.8) is 0 Å². The van der Waals surface area contributed by atoms with Crippen LogP contribution < -0.4 is 10.1 Å². The Hall–Kier alpha value is -2.79. The number of ether oxygens (including phenoxy) is 1. The predicted molar refractivity (Wildman–Crippen MR) is 60.7 cm³/mol. The molecule has 1 aromatic carbocycles. The zero-order valence-electron chi connectivity index (χ0n) is 9.10. The van der Waals surface area contributed by atoms with Crippen molar-refractivity contribution >= 4 is 12.2 Å². The molecule has 84 valence electrons. The highest BCUT2D eigenvalue weighted by atomic mass is 16.5. The van der Waals surface area contributed by atoms with E-state index in [0.29, 0.717) is 11.3 Å². The van der Waals surface area contributed by atoms with Crippen molar-refractivity contribution < 1.29 is 9.53 Å². The molecule has 0 heterocycles. The molecule has 0 aliphatic carbocycles. The molecule has 0 saturated carbocycles. The Balaban J connectivity index is 2.83. The van der Waals surface area contributed by atoms with Crippen molar-refractivity contribution in [2.24, 2.45) is 0 Å². The highest BCUT2D eigenvalue weighted by Gasteiger charge is 2.00. The molecule has 1 aromatic rings.